The van der Waals surface area contributed by atoms with Gasteiger partial charge in [-0.25, -0.2) is 0 Å². The summed E-state index contributed by atoms with van der Waals surface area (Å²) < 4.78 is 10.5. The van der Waals surface area contributed by atoms with Crippen molar-refractivity contribution < 1.29 is 14.3 Å². The Balaban J connectivity index is 2.56. The molecule has 0 fully saturated rings. The van der Waals surface area contributed by atoms with Crippen molar-refractivity contribution in [3.63, 3.8) is 0 Å². The molecule has 4 nitrogen and oxygen atoms in total. The van der Waals surface area contributed by atoms with Crippen LogP contribution in [0.3, 0.4) is 0 Å². The summed E-state index contributed by atoms with van der Waals surface area (Å²) in [7, 11) is 3.18. The molecular formula is C13H17NO3. The predicted octanol–water partition coefficient (Wildman–Crippen LogP) is 1.94. The minimum Gasteiger partial charge on any atom is -0.493 e. The Bertz CT molecular complexity index is 443. The maximum Gasteiger partial charge on any atom is 0.251 e. The average Bonchev–Trinajstić information content (AvgIpc) is 2.38. The first-order valence-corrected chi connectivity index (χ1v) is 5.75. The fourth-order valence-electron chi connectivity index (χ4n) is 2.21. The molecule has 1 aromatic rings. The van der Waals surface area contributed by atoms with Crippen molar-refractivity contribution in [2.24, 2.45) is 0 Å². The highest BCUT2D eigenvalue weighted by Gasteiger charge is 2.26. The van der Waals surface area contributed by atoms with Gasteiger partial charge in [-0.3, -0.25) is 4.79 Å². The van der Waals surface area contributed by atoms with E-state index >= 15 is 0 Å². The van der Waals surface area contributed by atoms with Gasteiger partial charge in [0.2, 0.25) is 0 Å². The number of carbonyl (C=O) groups is 1. The molecular weight excluding hydrogens is 218 g/mol. The van der Waals surface area contributed by atoms with E-state index in [0.29, 0.717) is 29.5 Å². The number of fused-ring (bicyclic) bond motifs is 1. The number of hydrogen-bond donors (Lipinski definition) is 1. The van der Waals surface area contributed by atoms with Gasteiger partial charge in [-0.05, 0) is 24.1 Å². The van der Waals surface area contributed by atoms with E-state index in [-0.39, 0.29) is 5.91 Å². The summed E-state index contributed by atoms with van der Waals surface area (Å²) in [5.74, 6) is 1.59. The lowest BCUT2D eigenvalue weighted by Crippen LogP contribution is -2.34. The number of benzene rings is 1. The third-order valence-corrected chi connectivity index (χ3v) is 3.24. The second kappa shape index (κ2) is 4.65. The average molecular weight is 235 g/mol. The van der Waals surface area contributed by atoms with E-state index in [0.717, 1.165) is 12.0 Å². The monoisotopic (exact) mass is 235 g/mol. The van der Waals surface area contributed by atoms with Gasteiger partial charge < -0.3 is 14.8 Å². The van der Waals surface area contributed by atoms with Crippen LogP contribution in [0.4, 0.5) is 0 Å². The minimum absolute atomic E-state index is 0.0364. The van der Waals surface area contributed by atoms with E-state index in [1.54, 1.807) is 20.3 Å². The Morgan fingerprint density at radius 1 is 1.29 bits per heavy atom. The molecule has 17 heavy (non-hydrogen) atoms. The molecule has 0 aliphatic carbocycles. The van der Waals surface area contributed by atoms with Crippen LogP contribution in [0, 0.1) is 0 Å². The van der Waals surface area contributed by atoms with Gasteiger partial charge in [-0.2, -0.15) is 0 Å². The van der Waals surface area contributed by atoms with Crippen molar-refractivity contribution in [1.82, 2.24) is 5.32 Å². The standard InChI is InChI=1S/C13H17NO3/c1-4-8-7-14-13(15)10-6-12(17-3)11(16-2)5-9(8)10/h5-6,8H,4,7H2,1-3H3,(H,14,15). The van der Waals surface area contributed by atoms with E-state index in [1.807, 2.05) is 6.07 Å². The zero-order chi connectivity index (χ0) is 12.4. The van der Waals surface area contributed by atoms with Crippen LogP contribution in [0.1, 0.15) is 35.2 Å². The fraction of sp³-hybridized carbons (Fsp3) is 0.462. The molecule has 0 aromatic heterocycles. The molecule has 0 saturated carbocycles. The summed E-state index contributed by atoms with van der Waals surface area (Å²) in [6, 6.07) is 3.67. The van der Waals surface area contributed by atoms with Crippen molar-refractivity contribution >= 4 is 5.91 Å². The molecule has 2 rings (SSSR count). The van der Waals surface area contributed by atoms with Crippen LogP contribution in [0.15, 0.2) is 12.1 Å². The van der Waals surface area contributed by atoms with Gasteiger partial charge in [-0.15, -0.1) is 0 Å². The van der Waals surface area contributed by atoms with Gasteiger partial charge >= 0.3 is 0 Å². The van der Waals surface area contributed by atoms with Crippen LogP contribution in [0.25, 0.3) is 0 Å². The number of amides is 1. The SMILES string of the molecule is CCC1CNC(=O)c2cc(OC)c(OC)cc21. The predicted molar refractivity (Wildman–Crippen MR) is 64.9 cm³/mol. The molecule has 1 aromatic carbocycles. The van der Waals surface area contributed by atoms with E-state index in [9.17, 15) is 4.79 Å². The second-order valence-corrected chi connectivity index (χ2v) is 4.11. The van der Waals surface area contributed by atoms with Crippen molar-refractivity contribution in [3.05, 3.63) is 23.3 Å². The Morgan fingerprint density at radius 2 is 1.94 bits per heavy atom. The van der Waals surface area contributed by atoms with Gasteiger partial charge in [0.25, 0.3) is 5.91 Å². The highest BCUT2D eigenvalue weighted by Crippen LogP contribution is 2.36. The zero-order valence-corrected chi connectivity index (χ0v) is 10.4. The molecule has 1 aliphatic heterocycles. The fourth-order valence-corrected chi connectivity index (χ4v) is 2.21. The van der Waals surface area contributed by atoms with Gasteiger partial charge in [-0.1, -0.05) is 6.92 Å². The summed E-state index contributed by atoms with van der Waals surface area (Å²) in [6.07, 6.45) is 0.989. The van der Waals surface area contributed by atoms with Crippen LogP contribution in [0.5, 0.6) is 11.5 Å². The number of hydrogen-bond acceptors (Lipinski definition) is 3. The maximum atomic E-state index is 11.8. The third kappa shape index (κ3) is 1.95. The Kier molecular flexibility index (Phi) is 3.22. The summed E-state index contributed by atoms with van der Waals surface area (Å²) in [4.78, 5) is 11.8. The summed E-state index contributed by atoms with van der Waals surface area (Å²) in [5.41, 5.74) is 1.75. The van der Waals surface area contributed by atoms with Gasteiger partial charge in [0.05, 0.1) is 14.2 Å². The topological polar surface area (TPSA) is 47.6 Å². The smallest absolute Gasteiger partial charge is 0.251 e. The lowest BCUT2D eigenvalue weighted by atomic mass is 9.88. The first-order chi connectivity index (χ1) is 8.21. The number of carbonyl (C=O) groups excluding carboxylic acids is 1. The first-order valence-electron chi connectivity index (χ1n) is 5.75. The number of ether oxygens (including phenoxy) is 2. The molecule has 0 spiro atoms. The Labute approximate surface area is 101 Å². The quantitative estimate of drug-likeness (QED) is 0.871. The Hall–Kier alpha value is -1.71. The van der Waals surface area contributed by atoms with Gasteiger partial charge in [0.15, 0.2) is 11.5 Å². The van der Waals surface area contributed by atoms with Crippen LogP contribution >= 0.6 is 0 Å². The molecule has 1 amide bonds. The number of nitrogens with one attached hydrogen (secondary N) is 1. The van der Waals surface area contributed by atoms with Crippen LogP contribution in [0.2, 0.25) is 0 Å². The Morgan fingerprint density at radius 3 is 2.53 bits per heavy atom. The molecule has 1 heterocycles. The van der Waals surface area contributed by atoms with Crippen molar-refractivity contribution in [2.75, 3.05) is 20.8 Å². The molecule has 0 radical (unpaired) electrons. The maximum absolute atomic E-state index is 11.8. The molecule has 0 bridgehead atoms. The molecule has 1 unspecified atom stereocenters. The molecule has 92 valence electrons. The van der Waals surface area contributed by atoms with E-state index < -0.39 is 0 Å². The first kappa shape index (κ1) is 11.8. The molecule has 1 N–H and O–H groups in total. The number of methoxy groups -OCH3 is 2. The minimum atomic E-state index is -0.0364. The molecule has 4 heteroatoms. The van der Waals surface area contributed by atoms with E-state index in [1.165, 1.54) is 0 Å². The lowest BCUT2D eigenvalue weighted by molar-refractivity contribution is 0.0939. The van der Waals surface area contributed by atoms with Crippen molar-refractivity contribution in [2.45, 2.75) is 19.3 Å². The number of rotatable bonds is 3. The summed E-state index contributed by atoms with van der Waals surface area (Å²) in [6.45, 7) is 2.81. The highest BCUT2D eigenvalue weighted by molar-refractivity contribution is 5.97. The van der Waals surface area contributed by atoms with E-state index in [4.69, 9.17) is 9.47 Å². The van der Waals surface area contributed by atoms with Gasteiger partial charge in [0, 0.05) is 18.0 Å². The van der Waals surface area contributed by atoms with Crippen molar-refractivity contribution in [3.8, 4) is 11.5 Å². The zero-order valence-electron chi connectivity index (χ0n) is 10.4. The second-order valence-electron chi connectivity index (χ2n) is 4.11. The largest absolute Gasteiger partial charge is 0.493 e. The molecule has 0 saturated heterocycles. The van der Waals surface area contributed by atoms with Crippen molar-refractivity contribution in [1.29, 1.82) is 0 Å². The van der Waals surface area contributed by atoms with Gasteiger partial charge in [0.1, 0.15) is 0 Å². The normalized spacial score (nSPS) is 18.3. The lowest BCUT2D eigenvalue weighted by Gasteiger charge is -2.26. The summed E-state index contributed by atoms with van der Waals surface area (Å²) in [5, 5.41) is 2.89. The van der Waals surface area contributed by atoms with Crippen LogP contribution in [-0.2, 0) is 0 Å². The van der Waals surface area contributed by atoms with Crippen LogP contribution in [-0.4, -0.2) is 26.7 Å². The third-order valence-electron chi connectivity index (χ3n) is 3.24. The highest BCUT2D eigenvalue weighted by atomic mass is 16.5. The molecule has 1 aliphatic rings. The van der Waals surface area contributed by atoms with Crippen LogP contribution < -0.4 is 14.8 Å². The summed E-state index contributed by atoms with van der Waals surface area (Å²) >= 11 is 0. The van der Waals surface area contributed by atoms with E-state index in [2.05, 4.69) is 12.2 Å². The molecule has 1 atom stereocenters.